The van der Waals surface area contributed by atoms with Gasteiger partial charge in [0.05, 0.1) is 13.7 Å². The van der Waals surface area contributed by atoms with Gasteiger partial charge < -0.3 is 14.4 Å². The molecule has 0 radical (unpaired) electrons. The summed E-state index contributed by atoms with van der Waals surface area (Å²) in [5.41, 5.74) is 1.19. The molecule has 3 rings (SSSR count). The number of hydrogen-bond acceptors (Lipinski definition) is 5. The van der Waals surface area contributed by atoms with E-state index in [-0.39, 0.29) is 23.3 Å². The summed E-state index contributed by atoms with van der Waals surface area (Å²) < 4.78 is 24.2. The van der Waals surface area contributed by atoms with Crippen LogP contribution in [-0.4, -0.2) is 49.8 Å². The maximum atomic E-state index is 13.0. The summed E-state index contributed by atoms with van der Waals surface area (Å²) in [5, 5.41) is 0. The third-order valence-corrected chi connectivity index (χ3v) is 5.53. The van der Waals surface area contributed by atoms with E-state index >= 15 is 0 Å². The monoisotopic (exact) mass is 413 g/mol. The van der Waals surface area contributed by atoms with Gasteiger partial charge in [-0.2, -0.15) is 0 Å². The van der Waals surface area contributed by atoms with Gasteiger partial charge >= 0.3 is 0 Å². The number of methoxy groups -OCH3 is 1. The molecule has 0 N–H and O–H groups in total. The normalized spacial score (nSPS) is 15.0. The minimum Gasteiger partial charge on any atom is -0.493 e. The van der Waals surface area contributed by atoms with Crippen molar-refractivity contribution in [3.63, 3.8) is 0 Å². The van der Waals surface area contributed by atoms with Crippen LogP contribution >= 0.6 is 0 Å². The van der Waals surface area contributed by atoms with Crippen molar-refractivity contribution >= 4 is 11.6 Å². The van der Waals surface area contributed by atoms with Crippen molar-refractivity contribution in [2.45, 2.75) is 26.2 Å². The van der Waals surface area contributed by atoms with E-state index in [4.69, 9.17) is 9.47 Å². The Morgan fingerprint density at radius 3 is 2.33 bits per heavy atom. The van der Waals surface area contributed by atoms with Crippen LogP contribution in [0, 0.1) is 11.7 Å². The second-order valence-electron chi connectivity index (χ2n) is 7.61. The molecule has 0 bridgehead atoms. The van der Waals surface area contributed by atoms with Crippen LogP contribution in [0.2, 0.25) is 0 Å². The zero-order valence-corrected chi connectivity index (χ0v) is 17.5. The number of ketones is 2. The molecule has 0 aliphatic carbocycles. The van der Waals surface area contributed by atoms with Crippen molar-refractivity contribution in [1.82, 2.24) is 4.90 Å². The molecule has 1 aliphatic rings. The molecule has 2 aromatic rings. The first kappa shape index (κ1) is 22.0. The molecule has 0 amide bonds. The lowest BCUT2D eigenvalue weighted by Crippen LogP contribution is -2.37. The highest BCUT2D eigenvalue weighted by Crippen LogP contribution is 2.28. The Balaban J connectivity index is 1.40. The molecule has 1 aliphatic heterocycles. The smallest absolute Gasteiger partial charge is 0.166 e. The summed E-state index contributed by atoms with van der Waals surface area (Å²) in [7, 11) is 1.56. The van der Waals surface area contributed by atoms with Crippen molar-refractivity contribution < 1.29 is 23.5 Å². The van der Waals surface area contributed by atoms with Crippen molar-refractivity contribution in [2.75, 3.05) is 33.4 Å². The van der Waals surface area contributed by atoms with Crippen LogP contribution in [0.15, 0.2) is 42.5 Å². The molecule has 160 valence electrons. The number of rotatable bonds is 9. The van der Waals surface area contributed by atoms with Gasteiger partial charge in [-0.3, -0.25) is 9.59 Å². The molecule has 1 heterocycles. The molecule has 0 atom stereocenters. The van der Waals surface area contributed by atoms with E-state index in [1.165, 1.54) is 19.1 Å². The first-order valence-corrected chi connectivity index (χ1v) is 10.3. The highest BCUT2D eigenvalue weighted by Gasteiger charge is 2.25. The molecule has 1 saturated heterocycles. The predicted octanol–water partition coefficient (Wildman–Crippen LogP) is 4.40. The number of hydrogen-bond donors (Lipinski definition) is 0. The van der Waals surface area contributed by atoms with E-state index in [0.717, 1.165) is 38.9 Å². The number of Topliss-reactive ketones (excluding diaryl/α,β-unsaturated/α-hetero) is 2. The summed E-state index contributed by atoms with van der Waals surface area (Å²) in [6.45, 7) is 4.70. The average molecular weight is 413 g/mol. The van der Waals surface area contributed by atoms with Crippen LogP contribution in [0.5, 0.6) is 11.5 Å². The summed E-state index contributed by atoms with van der Waals surface area (Å²) >= 11 is 0. The minimum absolute atomic E-state index is 0.00649. The largest absolute Gasteiger partial charge is 0.493 e. The Morgan fingerprint density at radius 1 is 1.03 bits per heavy atom. The van der Waals surface area contributed by atoms with E-state index < -0.39 is 0 Å². The van der Waals surface area contributed by atoms with Crippen LogP contribution in [0.25, 0.3) is 0 Å². The lowest BCUT2D eigenvalue weighted by molar-refractivity contribution is 0.0835. The van der Waals surface area contributed by atoms with Gasteiger partial charge in [0, 0.05) is 23.6 Å². The SMILES string of the molecule is COc1cc(C(C)=O)ccc1OCCCN1CCC(C(=O)c2ccc(F)cc2)CC1. The lowest BCUT2D eigenvalue weighted by atomic mass is 9.89. The number of piperidine rings is 1. The fourth-order valence-corrected chi connectivity index (χ4v) is 3.74. The fraction of sp³-hybridized carbons (Fsp3) is 0.417. The van der Waals surface area contributed by atoms with Crippen molar-refractivity contribution in [3.8, 4) is 11.5 Å². The molecule has 2 aromatic carbocycles. The Morgan fingerprint density at radius 2 is 1.70 bits per heavy atom. The molecule has 30 heavy (non-hydrogen) atoms. The third-order valence-electron chi connectivity index (χ3n) is 5.53. The Kier molecular flexibility index (Phi) is 7.57. The van der Waals surface area contributed by atoms with Gasteiger partial charge in [0.1, 0.15) is 5.82 Å². The Hall–Kier alpha value is -2.73. The highest BCUT2D eigenvalue weighted by molar-refractivity contribution is 5.97. The molecular formula is C24H28FNO4. The van der Waals surface area contributed by atoms with Crippen molar-refractivity contribution in [3.05, 3.63) is 59.4 Å². The second-order valence-corrected chi connectivity index (χ2v) is 7.61. The molecular weight excluding hydrogens is 385 g/mol. The average Bonchev–Trinajstić information content (AvgIpc) is 2.77. The van der Waals surface area contributed by atoms with Crippen LogP contribution in [0.1, 0.15) is 46.9 Å². The minimum atomic E-state index is -0.323. The summed E-state index contributed by atoms with van der Waals surface area (Å²) in [6.07, 6.45) is 2.49. The van der Waals surface area contributed by atoms with E-state index in [9.17, 15) is 14.0 Å². The van der Waals surface area contributed by atoms with Crippen LogP contribution in [0.3, 0.4) is 0 Å². The van der Waals surface area contributed by atoms with E-state index in [1.54, 1.807) is 37.4 Å². The topological polar surface area (TPSA) is 55.8 Å². The van der Waals surface area contributed by atoms with Gasteiger partial charge in [-0.05, 0) is 81.7 Å². The van der Waals surface area contributed by atoms with Crippen LogP contribution < -0.4 is 9.47 Å². The summed E-state index contributed by atoms with van der Waals surface area (Å²) in [6, 6.07) is 11.0. The number of ether oxygens (including phenoxy) is 2. The maximum absolute atomic E-state index is 13.0. The third kappa shape index (κ3) is 5.66. The standard InChI is InChI=1S/C24H28FNO4/c1-17(27)20-6-9-22(23(16-20)29-2)30-15-3-12-26-13-10-19(11-14-26)24(28)18-4-7-21(25)8-5-18/h4-9,16,19H,3,10-15H2,1-2H3. The van der Waals surface area contributed by atoms with Crippen LogP contribution in [0.4, 0.5) is 4.39 Å². The maximum Gasteiger partial charge on any atom is 0.166 e. The summed E-state index contributed by atoms with van der Waals surface area (Å²) in [5.74, 6) is 0.970. The van der Waals surface area contributed by atoms with E-state index in [2.05, 4.69) is 4.90 Å². The van der Waals surface area contributed by atoms with Gasteiger partial charge in [-0.15, -0.1) is 0 Å². The number of halogens is 1. The highest BCUT2D eigenvalue weighted by atomic mass is 19.1. The number of benzene rings is 2. The van der Waals surface area contributed by atoms with E-state index in [1.807, 2.05) is 0 Å². The predicted molar refractivity (Wildman–Crippen MR) is 113 cm³/mol. The van der Waals surface area contributed by atoms with Crippen LogP contribution in [-0.2, 0) is 0 Å². The Labute approximate surface area is 176 Å². The number of nitrogens with zero attached hydrogens (tertiary/aromatic N) is 1. The molecule has 0 aromatic heterocycles. The lowest BCUT2D eigenvalue weighted by Gasteiger charge is -2.31. The summed E-state index contributed by atoms with van der Waals surface area (Å²) in [4.78, 5) is 26.4. The molecule has 0 saturated carbocycles. The molecule has 6 heteroatoms. The van der Waals surface area contributed by atoms with Gasteiger partial charge in [0.25, 0.3) is 0 Å². The first-order chi connectivity index (χ1) is 14.5. The van der Waals surface area contributed by atoms with Gasteiger partial charge in [-0.25, -0.2) is 4.39 Å². The zero-order chi connectivity index (χ0) is 21.5. The fourth-order valence-electron chi connectivity index (χ4n) is 3.74. The molecule has 5 nitrogen and oxygen atoms in total. The number of carbonyl (C=O) groups is 2. The van der Waals surface area contributed by atoms with E-state index in [0.29, 0.717) is 29.2 Å². The molecule has 0 unspecified atom stereocenters. The van der Waals surface area contributed by atoms with Gasteiger partial charge in [-0.1, -0.05) is 0 Å². The number of likely N-dealkylation sites (tertiary alicyclic amines) is 1. The van der Waals surface area contributed by atoms with Crippen molar-refractivity contribution in [2.24, 2.45) is 5.92 Å². The molecule has 0 spiro atoms. The van der Waals surface area contributed by atoms with Gasteiger partial charge in [0.2, 0.25) is 0 Å². The Bertz CT molecular complexity index is 873. The second kappa shape index (κ2) is 10.3. The van der Waals surface area contributed by atoms with Crippen molar-refractivity contribution in [1.29, 1.82) is 0 Å². The quantitative estimate of drug-likeness (QED) is 0.451. The zero-order valence-electron chi connectivity index (χ0n) is 17.5. The molecule has 1 fully saturated rings. The van der Waals surface area contributed by atoms with Gasteiger partial charge in [0.15, 0.2) is 23.1 Å². The first-order valence-electron chi connectivity index (χ1n) is 10.3. The number of carbonyl (C=O) groups excluding carboxylic acids is 2.